The number of carbonyl (C=O) groups excluding carboxylic acids is 2. The Balaban J connectivity index is 2.07. The van der Waals surface area contributed by atoms with Crippen LogP contribution in [0.1, 0.15) is 31.8 Å². The second-order valence-electron chi connectivity index (χ2n) is 6.11. The number of ketones is 2. The standard InChI is InChI=1S/C20H20N2O3/c1-12-9-13(2)11-14(10-12)22-18-17(21-7-8-23)19(24)15-5-3-4-6-16(15)20(18)25/h3-6,9-11,21-23H,7-8H2,1-2H3. The molecule has 0 fully saturated rings. The number of hydrogen-bond donors (Lipinski definition) is 3. The summed E-state index contributed by atoms with van der Waals surface area (Å²) in [5.74, 6) is -0.495. The van der Waals surface area contributed by atoms with E-state index < -0.39 is 0 Å². The van der Waals surface area contributed by atoms with E-state index in [1.54, 1.807) is 24.3 Å². The number of aliphatic hydroxyl groups is 1. The Morgan fingerprint density at radius 2 is 1.44 bits per heavy atom. The second-order valence-corrected chi connectivity index (χ2v) is 6.11. The van der Waals surface area contributed by atoms with Gasteiger partial charge in [-0.25, -0.2) is 0 Å². The summed E-state index contributed by atoms with van der Waals surface area (Å²) in [6.45, 7) is 4.00. The Morgan fingerprint density at radius 3 is 2.00 bits per heavy atom. The molecule has 0 radical (unpaired) electrons. The largest absolute Gasteiger partial charge is 0.395 e. The highest BCUT2D eigenvalue weighted by molar-refractivity contribution is 6.27. The Morgan fingerprint density at radius 1 is 0.880 bits per heavy atom. The van der Waals surface area contributed by atoms with Gasteiger partial charge in [0.05, 0.1) is 6.61 Å². The van der Waals surface area contributed by atoms with Crippen molar-refractivity contribution in [2.75, 3.05) is 18.5 Å². The minimum absolute atomic E-state index is 0.135. The molecule has 2 aromatic carbocycles. The SMILES string of the molecule is Cc1cc(C)cc(NC2=C(NCCO)C(=O)c3ccccc3C2=O)c1. The third-order valence-electron chi connectivity index (χ3n) is 4.03. The topological polar surface area (TPSA) is 78.4 Å². The molecule has 5 heteroatoms. The first-order chi connectivity index (χ1) is 12.0. The Bertz CT molecular complexity index is 864. The van der Waals surface area contributed by atoms with Gasteiger partial charge in [0.1, 0.15) is 11.4 Å². The Kier molecular flexibility index (Phi) is 4.67. The van der Waals surface area contributed by atoms with Gasteiger partial charge in [-0.2, -0.15) is 0 Å². The summed E-state index contributed by atoms with van der Waals surface area (Å²) >= 11 is 0. The lowest BCUT2D eigenvalue weighted by molar-refractivity contribution is 0.0968. The van der Waals surface area contributed by atoms with Gasteiger partial charge < -0.3 is 15.7 Å². The van der Waals surface area contributed by atoms with E-state index in [1.807, 2.05) is 32.0 Å². The number of aryl methyl sites for hydroxylation is 2. The van der Waals surface area contributed by atoms with Gasteiger partial charge in [-0.1, -0.05) is 30.3 Å². The van der Waals surface area contributed by atoms with Gasteiger partial charge in [0, 0.05) is 23.4 Å². The van der Waals surface area contributed by atoms with Crippen molar-refractivity contribution in [2.45, 2.75) is 13.8 Å². The molecule has 0 bridgehead atoms. The number of rotatable bonds is 5. The Hall–Kier alpha value is -2.92. The number of anilines is 1. The Labute approximate surface area is 146 Å². The van der Waals surface area contributed by atoms with E-state index >= 15 is 0 Å². The van der Waals surface area contributed by atoms with Crippen molar-refractivity contribution >= 4 is 17.3 Å². The molecule has 128 valence electrons. The monoisotopic (exact) mass is 336 g/mol. The molecule has 3 N–H and O–H groups in total. The van der Waals surface area contributed by atoms with Crippen molar-refractivity contribution < 1.29 is 14.7 Å². The normalized spacial score (nSPS) is 13.7. The molecule has 0 heterocycles. The molecule has 25 heavy (non-hydrogen) atoms. The van der Waals surface area contributed by atoms with Crippen molar-refractivity contribution in [1.82, 2.24) is 5.32 Å². The van der Waals surface area contributed by atoms with Crippen molar-refractivity contribution in [3.8, 4) is 0 Å². The van der Waals surface area contributed by atoms with Gasteiger partial charge in [-0.05, 0) is 37.1 Å². The molecule has 2 aromatic rings. The maximum absolute atomic E-state index is 12.9. The minimum atomic E-state index is -0.254. The minimum Gasteiger partial charge on any atom is -0.395 e. The molecule has 0 saturated carbocycles. The van der Waals surface area contributed by atoms with Crippen LogP contribution in [-0.4, -0.2) is 29.8 Å². The molecule has 1 aliphatic carbocycles. The summed E-state index contributed by atoms with van der Waals surface area (Å²) in [6, 6.07) is 12.6. The molecule has 0 amide bonds. The number of fused-ring (bicyclic) bond motifs is 1. The molecule has 0 saturated heterocycles. The average molecular weight is 336 g/mol. The first kappa shape index (κ1) is 16.9. The lowest BCUT2D eigenvalue weighted by Gasteiger charge is -2.23. The zero-order valence-electron chi connectivity index (χ0n) is 14.2. The fourth-order valence-electron chi connectivity index (χ4n) is 3.04. The van der Waals surface area contributed by atoms with E-state index in [2.05, 4.69) is 10.6 Å². The highest BCUT2D eigenvalue weighted by Gasteiger charge is 2.32. The van der Waals surface area contributed by atoms with Crippen LogP contribution < -0.4 is 10.6 Å². The molecule has 3 rings (SSSR count). The van der Waals surface area contributed by atoms with Crippen LogP contribution in [0.3, 0.4) is 0 Å². The number of nitrogens with one attached hydrogen (secondary N) is 2. The van der Waals surface area contributed by atoms with Crippen molar-refractivity contribution in [3.63, 3.8) is 0 Å². The first-order valence-corrected chi connectivity index (χ1v) is 8.14. The fraction of sp³-hybridized carbons (Fsp3) is 0.200. The van der Waals surface area contributed by atoms with Crippen molar-refractivity contribution in [2.24, 2.45) is 0 Å². The maximum Gasteiger partial charge on any atom is 0.212 e. The number of allylic oxidation sites excluding steroid dienone is 2. The van der Waals surface area contributed by atoms with Gasteiger partial charge >= 0.3 is 0 Å². The molecular weight excluding hydrogens is 316 g/mol. The van der Waals surface area contributed by atoms with Crippen LogP contribution in [0.5, 0.6) is 0 Å². The number of Topliss-reactive ketones (excluding diaryl/α,β-unsaturated/α-hetero) is 2. The van der Waals surface area contributed by atoms with Crippen LogP contribution in [0, 0.1) is 13.8 Å². The van der Waals surface area contributed by atoms with Gasteiger partial charge in [-0.3, -0.25) is 9.59 Å². The van der Waals surface area contributed by atoms with Crippen LogP contribution in [0.15, 0.2) is 53.9 Å². The van der Waals surface area contributed by atoms with Crippen LogP contribution in [0.25, 0.3) is 0 Å². The molecular formula is C20H20N2O3. The summed E-state index contributed by atoms with van der Waals surface area (Å²) in [6.07, 6.45) is 0. The summed E-state index contributed by atoms with van der Waals surface area (Å²) in [7, 11) is 0. The van der Waals surface area contributed by atoms with Crippen molar-refractivity contribution in [1.29, 1.82) is 0 Å². The maximum atomic E-state index is 12.9. The zero-order chi connectivity index (χ0) is 18.0. The first-order valence-electron chi connectivity index (χ1n) is 8.14. The van der Waals surface area contributed by atoms with Crippen LogP contribution in [0.4, 0.5) is 5.69 Å². The van der Waals surface area contributed by atoms with Crippen LogP contribution in [0.2, 0.25) is 0 Å². The number of carbonyl (C=O) groups is 2. The fourth-order valence-corrected chi connectivity index (χ4v) is 3.04. The predicted octanol–water partition coefficient (Wildman–Crippen LogP) is 2.59. The van der Waals surface area contributed by atoms with E-state index in [0.29, 0.717) is 11.1 Å². The quantitative estimate of drug-likeness (QED) is 0.782. The molecule has 0 aliphatic heterocycles. The molecule has 5 nitrogen and oxygen atoms in total. The summed E-state index contributed by atoms with van der Waals surface area (Å²) in [5.41, 5.74) is 4.02. The van der Waals surface area contributed by atoms with Gasteiger partial charge in [0.15, 0.2) is 0 Å². The van der Waals surface area contributed by atoms with E-state index in [0.717, 1.165) is 16.8 Å². The highest BCUT2D eigenvalue weighted by atomic mass is 16.3. The second kappa shape index (κ2) is 6.91. The lowest BCUT2D eigenvalue weighted by Crippen LogP contribution is -2.34. The van der Waals surface area contributed by atoms with Gasteiger partial charge in [0.25, 0.3) is 0 Å². The molecule has 0 unspecified atom stereocenters. The van der Waals surface area contributed by atoms with E-state index in [1.165, 1.54) is 0 Å². The van der Waals surface area contributed by atoms with E-state index in [-0.39, 0.29) is 36.1 Å². The van der Waals surface area contributed by atoms with Gasteiger partial charge in [0.2, 0.25) is 11.6 Å². The smallest absolute Gasteiger partial charge is 0.212 e. The highest BCUT2D eigenvalue weighted by Crippen LogP contribution is 2.27. The van der Waals surface area contributed by atoms with Crippen LogP contribution >= 0.6 is 0 Å². The third kappa shape index (κ3) is 3.32. The lowest BCUT2D eigenvalue weighted by atomic mass is 9.90. The molecule has 1 aliphatic rings. The third-order valence-corrected chi connectivity index (χ3v) is 4.03. The number of benzene rings is 2. The van der Waals surface area contributed by atoms with E-state index in [4.69, 9.17) is 5.11 Å². The molecule has 0 aromatic heterocycles. The van der Waals surface area contributed by atoms with E-state index in [9.17, 15) is 9.59 Å². The van der Waals surface area contributed by atoms with Crippen LogP contribution in [-0.2, 0) is 0 Å². The molecule has 0 spiro atoms. The number of aliphatic hydroxyl groups excluding tert-OH is 1. The summed E-state index contributed by atoms with van der Waals surface area (Å²) in [5, 5.41) is 15.1. The summed E-state index contributed by atoms with van der Waals surface area (Å²) in [4.78, 5) is 25.7. The van der Waals surface area contributed by atoms with Crippen molar-refractivity contribution in [3.05, 3.63) is 76.1 Å². The summed E-state index contributed by atoms with van der Waals surface area (Å²) < 4.78 is 0. The zero-order valence-corrected chi connectivity index (χ0v) is 14.2. The average Bonchev–Trinajstić information content (AvgIpc) is 2.58. The van der Waals surface area contributed by atoms with Gasteiger partial charge in [-0.15, -0.1) is 0 Å². The predicted molar refractivity (Wildman–Crippen MR) is 96.8 cm³/mol. The molecule has 0 atom stereocenters. The number of hydrogen-bond acceptors (Lipinski definition) is 5.